The fourth-order valence-corrected chi connectivity index (χ4v) is 2.09. The van der Waals surface area contributed by atoms with E-state index in [2.05, 4.69) is 39.0 Å². The van der Waals surface area contributed by atoms with E-state index in [1.807, 2.05) is 6.07 Å². The second-order valence-electron chi connectivity index (χ2n) is 4.57. The fraction of sp³-hybridized carbons (Fsp3) is 0.538. The maximum Gasteiger partial charge on any atom is 0.123 e. The van der Waals surface area contributed by atoms with Crippen LogP contribution in [0.3, 0.4) is 0 Å². The molecule has 0 spiro atoms. The summed E-state index contributed by atoms with van der Waals surface area (Å²) in [7, 11) is 0. The van der Waals surface area contributed by atoms with Crippen LogP contribution in [0.25, 0.3) is 0 Å². The van der Waals surface area contributed by atoms with Crippen LogP contribution in [-0.2, 0) is 0 Å². The third kappa shape index (κ3) is 1.63. The van der Waals surface area contributed by atoms with Gasteiger partial charge in [0, 0.05) is 0 Å². The Labute approximate surface area is 86.1 Å². The van der Waals surface area contributed by atoms with Crippen molar-refractivity contribution in [3.8, 4) is 5.75 Å². The SMILES string of the molecule is CC1CC(C(C)C)Oc2ccccc21. The molecule has 1 nitrogen and oxygen atoms in total. The summed E-state index contributed by atoms with van der Waals surface area (Å²) in [6.45, 7) is 6.74. The lowest BCUT2D eigenvalue weighted by molar-refractivity contribution is 0.117. The lowest BCUT2D eigenvalue weighted by Gasteiger charge is -2.32. The van der Waals surface area contributed by atoms with E-state index in [0.29, 0.717) is 17.9 Å². The highest BCUT2D eigenvalue weighted by Crippen LogP contribution is 2.37. The molecule has 0 aliphatic carbocycles. The second kappa shape index (κ2) is 3.64. The highest BCUT2D eigenvalue weighted by Gasteiger charge is 2.26. The molecule has 76 valence electrons. The van der Waals surface area contributed by atoms with E-state index < -0.39 is 0 Å². The average molecular weight is 190 g/mol. The zero-order chi connectivity index (χ0) is 10.1. The molecular weight excluding hydrogens is 172 g/mol. The second-order valence-corrected chi connectivity index (χ2v) is 4.57. The van der Waals surface area contributed by atoms with Gasteiger partial charge in [-0.1, -0.05) is 39.0 Å². The van der Waals surface area contributed by atoms with Gasteiger partial charge in [0.1, 0.15) is 11.9 Å². The molecule has 0 radical (unpaired) electrons. The van der Waals surface area contributed by atoms with Crippen molar-refractivity contribution >= 4 is 0 Å². The van der Waals surface area contributed by atoms with Gasteiger partial charge in [-0.25, -0.2) is 0 Å². The first-order valence-electron chi connectivity index (χ1n) is 5.44. The number of hydrogen-bond donors (Lipinski definition) is 0. The van der Waals surface area contributed by atoms with Gasteiger partial charge in [-0.15, -0.1) is 0 Å². The topological polar surface area (TPSA) is 9.23 Å². The van der Waals surface area contributed by atoms with E-state index in [1.165, 1.54) is 5.56 Å². The van der Waals surface area contributed by atoms with Crippen LogP contribution in [0.1, 0.15) is 38.7 Å². The van der Waals surface area contributed by atoms with Crippen LogP contribution in [0.4, 0.5) is 0 Å². The Bertz CT molecular complexity index is 317. The van der Waals surface area contributed by atoms with E-state index in [0.717, 1.165) is 12.2 Å². The Morgan fingerprint density at radius 3 is 2.71 bits per heavy atom. The number of para-hydroxylation sites is 1. The number of benzene rings is 1. The third-order valence-electron chi connectivity index (χ3n) is 3.06. The Morgan fingerprint density at radius 2 is 2.00 bits per heavy atom. The number of hydrogen-bond acceptors (Lipinski definition) is 1. The molecular formula is C13H18O. The first-order valence-corrected chi connectivity index (χ1v) is 5.44. The molecule has 1 heteroatoms. The van der Waals surface area contributed by atoms with Crippen molar-refractivity contribution in [3.63, 3.8) is 0 Å². The molecule has 1 aliphatic heterocycles. The largest absolute Gasteiger partial charge is 0.490 e. The number of ether oxygens (including phenoxy) is 1. The molecule has 0 fully saturated rings. The van der Waals surface area contributed by atoms with Gasteiger partial charge in [-0.2, -0.15) is 0 Å². The van der Waals surface area contributed by atoms with E-state index in [4.69, 9.17) is 4.74 Å². The van der Waals surface area contributed by atoms with Crippen LogP contribution in [0.2, 0.25) is 0 Å². The molecule has 0 N–H and O–H groups in total. The molecule has 14 heavy (non-hydrogen) atoms. The molecule has 0 amide bonds. The Balaban J connectivity index is 2.29. The lowest BCUT2D eigenvalue weighted by atomic mass is 9.88. The minimum absolute atomic E-state index is 0.389. The minimum atomic E-state index is 0.389. The van der Waals surface area contributed by atoms with Gasteiger partial charge in [0.15, 0.2) is 0 Å². The van der Waals surface area contributed by atoms with Crippen molar-refractivity contribution in [2.24, 2.45) is 5.92 Å². The summed E-state index contributed by atoms with van der Waals surface area (Å²) >= 11 is 0. The maximum absolute atomic E-state index is 5.96. The molecule has 1 aliphatic rings. The minimum Gasteiger partial charge on any atom is -0.490 e. The first kappa shape index (κ1) is 9.57. The highest BCUT2D eigenvalue weighted by atomic mass is 16.5. The Morgan fingerprint density at radius 1 is 1.29 bits per heavy atom. The monoisotopic (exact) mass is 190 g/mol. The summed E-state index contributed by atoms with van der Waals surface area (Å²) < 4.78 is 5.96. The molecule has 1 heterocycles. The molecule has 2 unspecified atom stereocenters. The van der Waals surface area contributed by atoms with E-state index >= 15 is 0 Å². The Kier molecular flexibility index (Phi) is 2.49. The van der Waals surface area contributed by atoms with Crippen molar-refractivity contribution in [2.45, 2.75) is 39.2 Å². The van der Waals surface area contributed by atoms with Crippen LogP contribution in [-0.4, -0.2) is 6.10 Å². The highest BCUT2D eigenvalue weighted by molar-refractivity contribution is 5.37. The van der Waals surface area contributed by atoms with Gasteiger partial charge in [0.2, 0.25) is 0 Å². The predicted octanol–water partition coefficient (Wildman–Crippen LogP) is 3.60. The van der Waals surface area contributed by atoms with Crippen LogP contribution in [0.5, 0.6) is 5.75 Å². The molecule has 0 bridgehead atoms. The summed E-state index contributed by atoms with van der Waals surface area (Å²) in [5.74, 6) is 2.32. The van der Waals surface area contributed by atoms with Crippen molar-refractivity contribution in [1.29, 1.82) is 0 Å². The summed E-state index contributed by atoms with van der Waals surface area (Å²) in [4.78, 5) is 0. The standard InChI is InChI=1S/C13H18O/c1-9(2)13-8-10(3)11-6-4-5-7-12(11)14-13/h4-7,9-10,13H,8H2,1-3H3. The molecule has 1 aromatic carbocycles. The van der Waals surface area contributed by atoms with Crippen molar-refractivity contribution in [3.05, 3.63) is 29.8 Å². The van der Waals surface area contributed by atoms with Gasteiger partial charge in [-0.05, 0) is 29.9 Å². The number of fused-ring (bicyclic) bond motifs is 1. The predicted molar refractivity (Wildman–Crippen MR) is 58.7 cm³/mol. The van der Waals surface area contributed by atoms with Gasteiger partial charge < -0.3 is 4.74 Å². The van der Waals surface area contributed by atoms with E-state index in [1.54, 1.807) is 0 Å². The lowest BCUT2D eigenvalue weighted by Crippen LogP contribution is -2.29. The summed E-state index contributed by atoms with van der Waals surface area (Å²) in [6.07, 6.45) is 1.54. The van der Waals surface area contributed by atoms with Crippen LogP contribution in [0, 0.1) is 5.92 Å². The fourth-order valence-electron chi connectivity index (χ4n) is 2.09. The summed E-state index contributed by atoms with van der Waals surface area (Å²) in [5.41, 5.74) is 1.37. The normalized spacial score (nSPS) is 25.7. The zero-order valence-electron chi connectivity index (χ0n) is 9.16. The zero-order valence-corrected chi connectivity index (χ0v) is 9.16. The Hall–Kier alpha value is -0.980. The van der Waals surface area contributed by atoms with Gasteiger partial charge in [0.05, 0.1) is 0 Å². The molecule has 1 aromatic rings. The molecule has 0 saturated carbocycles. The third-order valence-corrected chi connectivity index (χ3v) is 3.06. The summed E-state index contributed by atoms with van der Waals surface area (Å²) in [6, 6.07) is 8.40. The van der Waals surface area contributed by atoms with Gasteiger partial charge in [-0.3, -0.25) is 0 Å². The van der Waals surface area contributed by atoms with Gasteiger partial charge in [0.25, 0.3) is 0 Å². The molecule has 0 saturated heterocycles. The number of rotatable bonds is 1. The van der Waals surface area contributed by atoms with E-state index in [9.17, 15) is 0 Å². The van der Waals surface area contributed by atoms with Crippen LogP contribution < -0.4 is 4.74 Å². The molecule has 2 atom stereocenters. The molecule has 2 rings (SSSR count). The molecule has 0 aromatic heterocycles. The van der Waals surface area contributed by atoms with Crippen molar-refractivity contribution < 1.29 is 4.74 Å². The van der Waals surface area contributed by atoms with E-state index in [-0.39, 0.29) is 0 Å². The summed E-state index contributed by atoms with van der Waals surface area (Å²) in [5, 5.41) is 0. The quantitative estimate of drug-likeness (QED) is 0.657. The average Bonchev–Trinajstić information content (AvgIpc) is 2.17. The maximum atomic E-state index is 5.96. The first-order chi connectivity index (χ1) is 6.68. The van der Waals surface area contributed by atoms with Crippen LogP contribution in [0.15, 0.2) is 24.3 Å². The smallest absolute Gasteiger partial charge is 0.123 e. The van der Waals surface area contributed by atoms with Crippen molar-refractivity contribution in [1.82, 2.24) is 0 Å². The van der Waals surface area contributed by atoms with Crippen molar-refractivity contribution in [2.75, 3.05) is 0 Å². The van der Waals surface area contributed by atoms with Gasteiger partial charge >= 0.3 is 0 Å². The van der Waals surface area contributed by atoms with Crippen LogP contribution >= 0.6 is 0 Å².